The minimum Gasteiger partial charge on any atom is -0.495 e. The number of anilines is 1. The zero-order valence-electron chi connectivity index (χ0n) is 11.8. The minimum atomic E-state index is -0.343. The molecule has 0 atom stereocenters. The number of methoxy groups -OCH3 is 1. The van der Waals surface area contributed by atoms with Crippen LogP contribution in [0.5, 0.6) is 11.5 Å². The maximum absolute atomic E-state index is 11.9. The highest BCUT2D eigenvalue weighted by atomic mass is 35.5. The fraction of sp³-hybridized carbons (Fsp3) is 0.125. The van der Waals surface area contributed by atoms with Gasteiger partial charge in [-0.25, -0.2) is 0 Å². The van der Waals surface area contributed by atoms with Gasteiger partial charge in [0.1, 0.15) is 11.5 Å². The Hall–Kier alpha value is -2.71. The lowest BCUT2D eigenvalue weighted by molar-refractivity contribution is -0.118. The number of nitrogens with one attached hydrogen (secondary N) is 1. The summed E-state index contributed by atoms with van der Waals surface area (Å²) < 4.78 is 10.5. The number of ether oxygens (including phenoxy) is 2. The number of amides is 1. The van der Waals surface area contributed by atoms with E-state index in [1.807, 2.05) is 6.07 Å². The Kier molecular flexibility index (Phi) is 5.23. The zero-order valence-corrected chi connectivity index (χ0v) is 12.6. The van der Waals surface area contributed by atoms with Gasteiger partial charge in [-0.15, -0.1) is 0 Å². The van der Waals surface area contributed by atoms with Crippen LogP contribution in [0.1, 0.15) is 5.56 Å². The lowest BCUT2D eigenvalue weighted by Crippen LogP contribution is -2.20. The molecule has 112 valence electrons. The Morgan fingerprint density at radius 1 is 1.27 bits per heavy atom. The van der Waals surface area contributed by atoms with Crippen molar-refractivity contribution >= 4 is 23.2 Å². The van der Waals surface area contributed by atoms with E-state index in [9.17, 15) is 4.79 Å². The molecule has 0 saturated heterocycles. The molecule has 0 spiro atoms. The average molecular weight is 317 g/mol. The van der Waals surface area contributed by atoms with Gasteiger partial charge >= 0.3 is 0 Å². The summed E-state index contributed by atoms with van der Waals surface area (Å²) in [6.45, 7) is -0.165. The van der Waals surface area contributed by atoms with Crippen LogP contribution in [-0.4, -0.2) is 19.6 Å². The highest BCUT2D eigenvalue weighted by molar-refractivity contribution is 6.31. The number of carbonyl (C=O) groups is 1. The van der Waals surface area contributed by atoms with Crippen molar-refractivity contribution in [2.24, 2.45) is 0 Å². The fourth-order valence-electron chi connectivity index (χ4n) is 1.74. The zero-order chi connectivity index (χ0) is 15.9. The normalized spacial score (nSPS) is 9.68. The number of hydrogen-bond donors (Lipinski definition) is 1. The van der Waals surface area contributed by atoms with E-state index in [0.29, 0.717) is 27.8 Å². The molecule has 1 amide bonds. The van der Waals surface area contributed by atoms with Crippen LogP contribution in [0.2, 0.25) is 5.02 Å². The van der Waals surface area contributed by atoms with E-state index in [1.54, 1.807) is 42.5 Å². The van der Waals surface area contributed by atoms with Crippen molar-refractivity contribution in [1.29, 1.82) is 5.26 Å². The molecular weight excluding hydrogens is 304 g/mol. The highest BCUT2D eigenvalue weighted by Crippen LogP contribution is 2.27. The third-order valence-electron chi connectivity index (χ3n) is 2.79. The van der Waals surface area contributed by atoms with Crippen molar-refractivity contribution in [2.45, 2.75) is 0 Å². The molecule has 0 heterocycles. The van der Waals surface area contributed by atoms with Crippen molar-refractivity contribution in [3.05, 3.63) is 53.1 Å². The van der Waals surface area contributed by atoms with Gasteiger partial charge in [0.15, 0.2) is 6.61 Å². The van der Waals surface area contributed by atoms with Gasteiger partial charge in [0, 0.05) is 5.02 Å². The third kappa shape index (κ3) is 4.14. The van der Waals surface area contributed by atoms with Gasteiger partial charge in [0.25, 0.3) is 5.91 Å². The molecule has 0 unspecified atom stereocenters. The second-order valence-electron chi connectivity index (χ2n) is 4.32. The van der Waals surface area contributed by atoms with Gasteiger partial charge in [-0.3, -0.25) is 4.79 Å². The van der Waals surface area contributed by atoms with Crippen molar-refractivity contribution in [2.75, 3.05) is 19.0 Å². The first kappa shape index (κ1) is 15.7. The molecule has 0 fully saturated rings. The van der Waals surface area contributed by atoms with Crippen LogP contribution in [0.3, 0.4) is 0 Å². The summed E-state index contributed by atoms with van der Waals surface area (Å²) in [7, 11) is 1.51. The Morgan fingerprint density at radius 2 is 2.00 bits per heavy atom. The molecule has 22 heavy (non-hydrogen) atoms. The summed E-state index contributed by atoms with van der Waals surface area (Å²) in [5.41, 5.74) is 1.00. The minimum absolute atomic E-state index is 0.165. The Balaban J connectivity index is 1.95. The molecule has 0 aliphatic rings. The van der Waals surface area contributed by atoms with Gasteiger partial charge in [-0.05, 0) is 42.5 Å². The lowest BCUT2D eigenvalue weighted by atomic mass is 10.2. The van der Waals surface area contributed by atoms with Crippen LogP contribution in [0.4, 0.5) is 5.69 Å². The average Bonchev–Trinajstić information content (AvgIpc) is 2.53. The summed E-state index contributed by atoms with van der Waals surface area (Å²) in [5, 5.41) is 11.9. The molecule has 2 aromatic carbocycles. The molecule has 0 saturated carbocycles. The maximum Gasteiger partial charge on any atom is 0.262 e. The predicted molar refractivity (Wildman–Crippen MR) is 83.3 cm³/mol. The SMILES string of the molecule is COc1ccc(Cl)cc1NC(=O)COc1ccc(C#N)cc1. The van der Waals surface area contributed by atoms with Crippen molar-refractivity contribution in [3.8, 4) is 17.6 Å². The van der Waals surface area contributed by atoms with E-state index in [2.05, 4.69) is 5.32 Å². The number of benzene rings is 2. The quantitative estimate of drug-likeness (QED) is 0.919. The van der Waals surface area contributed by atoms with Crippen LogP contribution in [0.15, 0.2) is 42.5 Å². The van der Waals surface area contributed by atoms with E-state index < -0.39 is 0 Å². The monoisotopic (exact) mass is 316 g/mol. The maximum atomic E-state index is 11.9. The predicted octanol–water partition coefficient (Wildman–Crippen LogP) is 3.24. The smallest absolute Gasteiger partial charge is 0.262 e. The second kappa shape index (κ2) is 7.34. The summed E-state index contributed by atoms with van der Waals surface area (Å²) in [6.07, 6.45) is 0. The molecule has 0 aliphatic carbocycles. The molecule has 6 heteroatoms. The lowest BCUT2D eigenvalue weighted by Gasteiger charge is -2.11. The molecule has 1 N–H and O–H groups in total. The van der Waals surface area contributed by atoms with Gasteiger partial charge < -0.3 is 14.8 Å². The van der Waals surface area contributed by atoms with E-state index in [1.165, 1.54) is 7.11 Å². The molecule has 0 aromatic heterocycles. The molecule has 2 aromatic rings. The van der Waals surface area contributed by atoms with Crippen molar-refractivity contribution in [1.82, 2.24) is 0 Å². The first-order valence-corrected chi connectivity index (χ1v) is 6.76. The van der Waals surface area contributed by atoms with Crippen LogP contribution in [0.25, 0.3) is 0 Å². The Labute approximate surface area is 133 Å². The number of halogens is 1. The molecule has 5 nitrogen and oxygen atoms in total. The number of nitriles is 1. The highest BCUT2D eigenvalue weighted by Gasteiger charge is 2.09. The molecule has 2 rings (SSSR count). The number of rotatable bonds is 5. The summed E-state index contributed by atoms with van der Waals surface area (Å²) in [6, 6.07) is 13.4. The molecule has 0 radical (unpaired) electrons. The fourth-order valence-corrected chi connectivity index (χ4v) is 1.91. The van der Waals surface area contributed by atoms with E-state index in [-0.39, 0.29) is 12.5 Å². The van der Waals surface area contributed by atoms with Crippen LogP contribution in [-0.2, 0) is 4.79 Å². The van der Waals surface area contributed by atoms with Gasteiger partial charge in [0.2, 0.25) is 0 Å². The molecule has 0 bridgehead atoms. The summed E-state index contributed by atoms with van der Waals surface area (Å²) in [5.74, 6) is 0.674. The Morgan fingerprint density at radius 3 is 2.64 bits per heavy atom. The summed E-state index contributed by atoms with van der Waals surface area (Å²) >= 11 is 5.89. The van der Waals surface area contributed by atoms with Crippen LogP contribution >= 0.6 is 11.6 Å². The number of nitrogens with zero attached hydrogens (tertiary/aromatic N) is 1. The number of hydrogen-bond acceptors (Lipinski definition) is 4. The first-order chi connectivity index (χ1) is 10.6. The van der Waals surface area contributed by atoms with E-state index >= 15 is 0 Å². The van der Waals surface area contributed by atoms with Gasteiger partial charge in [-0.1, -0.05) is 11.6 Å². The number of carbonyl (C=O) groups excluding carboxylic acids is 1. The van der Waals surface area contributed by atoms with Crippen molar-refractivity contribution < 1.29 is 14.3 Å². The second-order valence-corrected chi connectivity index (χ2v) is 4.75. The van der Waals surface area contributed by atoms with Gasteiger partial charge in [-0.2, -0.15) is 5.26 Å². The molecule has 0 aliphatic heterocycles. The van der Waals surface area contributed by atoms with E-state index in [0.717, 1.165) is 0 Å². The summed E-state index contributed by atoms with van der Waals surface area (Å²) in [4.78, 5) is 11.9. The van der Waals surface area contributed by atoms with Crippen LogP contribution in [0, 0.1) is 11.3 Å². The standard InChI is InChI=1S/C16H13ClN2O3/c1-21-15-7-4-12(17)8-14(15)19-16(20)10-22-13-5-2-11(9-18)3-6-13/h2-8H,10H2,1H3,(H,19,20). The van der Waals surface area contributed by atoms with E-state index in [4.69, 9.17) is 26.3 Å². The topological polar surface area (TPSA) is 71.3 Å². The van der Waals surface area contributed by atoms with Crippen LogP contribution < -0.4 is 14.8 Å². The third-order valence-corrected chi connectivity index (χ3v) is 3.02. The van der Waals surface area contributed by atoms with Crippen molar-refractivity contribution in [3.63, 3.8) is 0 Å². The molecular formula is C16H13ClN2O3. The Bertz CT molecular complexity index is 708. The van der Waals surface area contributed by atoms with Gasteiger partial charge in [0.05, 0.1) is 24.4 Å². The largest absolute Gasteiger partial charge is 0.495 e. The first-order valence-electron chi connectivity index (χ1n) is 6.38.